The minimum absolute atomic E-state index is 0.149. The topological polar surface area (TPSA) is 27.7 Å². The van der Waals surface area contributed by atoms with E-state index in [1.165, 1.54) is 5.56 Å². The second kappa shape index (κ2) is 7.51. The Morgan fingerprint density at radius 1 is 1.04 bits per heavy atom. The van der Waals surface area contributed by atoms with Gasteiger partial charge < -0.3 is 14.2 Å². The molecule has 2 aromatic rings. The molecule has 0 amide bonds. The number of rotatable bonds is 5. The summed E-state index contributed by atoms with van der Waals surface area (Å²) >= 11 is 0. The summed E-state index contributed by atoms with van der Waals surface area (Å²) in [5.74, 6) is 1.74. The van der Waals surface area contributed by atoms with Crippen molar-refractivity contribution in [2.75, 3.05) is 13.2 Å². The first-order valence-electron chi connectivity index (χ1n) is 8.39. The Morgan fingerprint density at radius 2 is 1.91 bits per heavy atom. The quantitative estimate of drug-likeness (QED) is 0.780. The molecule has 0 spiro atoms. The van der Waals surface area contributed by atoms with E-state index in [1.807, 2.05) is 31.2 Å². The third-order valence-corrected chi connectivity index (χ3v) is 4.01. The van der Waals surface area contributed by atoms with E-state index in [0.717, 1.165) is 48.5 Å². The first-order valence-corrected chi connectivity index (χ1v) is 8.39. The Hall–Kier alpha value is -2.00. The Kier molecular flexibility index (Phi) is 5.19. The van der Waals surface area contributed by atoms with Gasteiger partial charge in [0.1, 0.15) is 11.5 Å². The molecule has 122 valence electrons. The molecule has 0 saturated carbocycles. The standard InChI is InChI=1S/C20H24O3/c1-3-21-18-9-5-4-8-16(18)17-14-15(2)11-12-19(17)23-20-10-6-7-13-22-20/h4-5,8-9,11-12,14,20H,3,6-7,10,13H2,1-2H3. The molecule has 1 aliphatic rings. The Bertz CT molecular complexity index is 645. The van der Waals surface area contributed by atoms with Crippen molar-refractivity contribution < 1.29 is 14.2 Å². The summed E-state index contributed by atoms with van der Waals surface area (Å²) in [6.07, 6.45) is 3.07. The SMILES string of the molecule is CCOc1ccccc1-c1cc(C)ccc1OC1CCCCO1. The molecule has 1 saturated heterocycles. The molecule has 1 unspecified atom stereocenters. The lowest BCUT2D eigenvalue weighted by atomic mass is 10.0. The van der Waals surface area contributed by atoms with Gasteiger partial charge in [0.15, 0.2) is 6.29 Å². The highest BCUT2D eigenvalue weighted by Gasteiger charge is 2.18. The zero-order valence-corrected chi connectivity index (χ0v) is 13.9. The molecule has 3 nitrogen and oxygen atoms in total. The molecule has 0 bridgehead atoms. The van der Waals surface area contributed by atoms with Gasteiger partial charge in [-0.15, -0.1) is 0 Å². The Labute approximate surface area is 138 Å². The second-order valence-corrected chi connectivity index (χ2v) is 5.84. The predicted octanol–water partition coefficient (Wildman–Crippen LogP) is 4.97. The average Bonchev–Trinajstić information content (AvgIpc) is 2.58. The Morgan fingerprint density at radius 3 is 2.70 bits per heavy atom. The lowest BCUT2D eigenvalue weighted by Crippen LogP contribution is -2.25. The third kappa shape index (κ3) is 3.85. The molecule has 2 aromatic carbocycles. The smallest absolute Gasteiger partial charge is 0.199 e. The second-order valence-electron chi connectivity index (χ2n) is 5.84. The summed E-state index contributed by atoms with van der Waals surface area (Å²) in [4.78, 5) is 0. The molecule has 3 rings (SSSR count). The molecule has 1 atom stereocenters. The van der Waals surface area contributed by atoms with Crippen molar-refractivity contribution in [3.63, 3.8) is 0 Å². The largest absolute Gasteiger partial charge is 0.493 e. The molecular weight excluding hydrogens is 288 g/mol. The first-order chi connectivity index (χ1) is 11.3. The van der Waals surface area contributed by atoms with E-state index >= 15 is 0 Å². The normalized spacial score (nSPS) is 17.7. The molecule has 1 fully saturated rings. The molecule has 0 N–H and O–H groups in total. The van der Waals surface area contributed by atoms with Gasteiger partial charge in [-0.25, -0.2) is 0 Å². The number of benzene rings is 2. The monoisotopic (exact) mass is 312 g/mol. The predicted molar refractivity (Wildman–Crippen MR) is 92.0 cm³/mol. The van der Waals surface area contributed by atoms with Crippen molar-refractivity contribution in [3.05, 3.63) is 48.0 Å². The van der Waals surface area contributed by atoms with Gasteiger partial charge in [-0.05, 0) is 44.9 Å². The van der Waals surface area contributed by atoms with Crippen LogP contribution in [0.25, 0.3) is 11.1 Å². The van der Waals surface area contributed by atoms with E-state index in [1.54, 1.807) is 0 Å². The van der Waals surface area contributed by atoms with Crippen LogP contribution in [-0.4, -0.2) is 19.5 Å². The van der Waals surface area contributed by atoms with Gasteiger partial charge in [-0.3, -0.25) is 0 Å². The van der Waals surface area contributed by atoms with Crippen molar-refractivity contribution in [1.82, 2.24) is 0 Å². The van der Waals surface area contributed by atoms with Crippen molar-refractivity contribution >= 4 is 0 Å². The third-order valence-electron chi connectivity index (χ3n) is 4.01. The number of ether oxygens (including phenoxy) is 3. The molecule has 0 aliphatic carbocycles. The van der Waals surface area contributed by atoms with E-state index in [9.17, 15) is 0 Å². The fourth-order valence-electron chi connectivity index (χ4n) is 2.87. The number of aryl methyl sites for hydroxylation is 1. The highest BCUT2D eigenvalue weighted by molar-refractivity contribution is 5.76. The highest BCUT2D eigenvalue weighted by atomic mass is 16.7. The van der Waals surface area contributed by atoms with Crippen LogP contribution in [0.15, 0.2) is 42.5 Å². The minimum atomic E-state index is -0.149. The highest BCUT2D eigenvalue weighted by Crippen LogP contribution is 2.38. The van der Waals surface area contributed by atoms with Crippen molar-refractivity contribution in [1.29, 1.82) is 0 Å². The number of para-hydroxylation sites is 1. The van der Waals surface area contributed by atoms with Crippen LogP contribution in [0.5, 0.6) is 11.5 Å². The maximum absolute atomic E-state index is 6.15. The van der Waals surface area contributed by atoms with Crippen molar-refractivity contribution in [2.24, 2.45) is 0 Å². The van der Waals surface area contributed by atoms with Crippen LogP contribution in [0.4, 0.5) is 0 Å². The Balaban J connectivity index is 1.96. The van der Waals surface area contributed by atoms with E-state index in [-0.39, 0.29) is 6.29 Å². The van der Waals surface area contributed by atoms with Crippen LogP contribution < -0.4 is 9.47 Å². The zero-order chi connectivity index (χ0) is 16.1. The summed E-state index contributed by atoms with van der Waals surface area (Å²) < 4.78 is 17.7. The average molecular weight is 312 g/mol. The van der Waals surface area contributed by atoms with E-state index in [2.05, 4.69) is 25.1 Å². The lowest BCUT2D eigenvalue weighted by Gasteiger charge is -2.25. The van der Waals surface area contributed by atoms with Crippen LogP contribution in [0.2, 0.25) is 0 Å². The summed E-state index contributed by atoms with van der Waals surface area (Å²) in [5, 5.41) is 0. The van der Waals surface area contributed by atoms with Gasteiger partial charge in [0.2, 0.25) is 0 Å². The maximum atomic E-state index is 6.15. The van der Waals surface area contributed by atoms with Crippen LogP contribution in [0.3, 0.4) is 0 Å². The van der Waals surface area contributed by atoms with Gasteiger partial charge in [-0.1, -0.05) is 29.8 Å². The van der Waals surface area contributed by atoms with E-state index in [4.69, 9.17) is 14.2 Å². The number of hydrogen-bond acceptors (Lipinski definition) is 3. The van der Waals surface area contributed by atoms with Gasteiger partial charge in [0.25, 0.3) is 0 Å². The molecule has 0 aromatic heterocycles. The van der Waals surface area contributed by atoms with Crippen molar-refractivity contribution in [2.45, 2.75) is 39.4 Å². The fourth-order valence-corrected chi connectivity index (χ4v) is 2.87. The number of hydrogen-bond donors (Lipinski definition) is 0. The van der Waals surface area contributed by atoms with Crippen LogP contribution >= 0.6 is 0 Å². The summed E-state index contributed by atoms with van der Waals surface area (Å²) in [6.45, 7) is 5.51. The lowest BCUT2D eigenvalue weighted by molar-refractivity contribution is -0.105. The zero-order valence-electron chi connectivity index (χ0n) is 13.9. The summed E-state index contributed by atoms with van der Waals surface area (Å²) in [7, 11) is 0. The van der Waals surface area contributed by atoms with E-state index in [0.29, 0.717) is 6.61 Å². The molecule has 3 heteroatoms. The fraction of sp³-hybridized carbons (Fsp3) is 0.400. The van der Waals surface area contributed by atoms with Gasteiger partial charge >= 0.3 is 0 Å². The first kappa shape index (κ1) is 15.9. The van der Waals surface area contributed by atoms with E-state index < -0.39 is 0 Å². The molecule has 1 aliphatic heterocycles. The van der Waals surface area contributed by atoms with Crippen LogP contribution in [0.1, 0.15) is 31.7 Å². The van der Waals surface area contributed by atoms with Gasteiger partial charge in [0, 0.05) is 17.5 Å². The maximum Gasteiger partial charge on any atom is 0.199 e. The minimum Gasteiger partial charge on any atom is -0.493 e. The molecular formula is C20H24O3. The summed E-state index contributed by atoms with van der Waals surface area (Å²) in [5.41, 5.74) is 3.32. The molecule has 23 heavy (non-hydrogen) atoms. The van der Waals surface area contributed by atoms with Gasteiger partial charge in [0.05, 0.1) is 13.2 Å². The summed E-state index contributed by atoms with van der Waals surface area (Å²) in [6, 6.07) is 14.4. The molecule has 1 heterocycles. The molecule has 0 radical (unpaired) electrons. The van der Waals surface area contributed by atoms with Crippen molar-refractivity contribution in [3.8, 4) is 22.6 Å². The van der Waals surface area contributed by atoms with Crippen LogP contribution in [-0.2, 0) is 4.74 Å². The van der Waals surface area contributed by atoms with Gasteiger partial charge in [-0.2, -0.15) is 0 Å². The van der Waals surface area contributed by atoms with Crippen LogP contribution in [0, 0.1) is 6.92 Å².